The van der Waals surface area contributed by atoms with Crippen molar-refractivity contribution in [1.29, 1.82) is 0 Å². The van der Waals surface area contributed by atoms with Crippen molar-refractivity contribution >= 4 is 29.0 Å². The van der Waals surface area contributed by atoms with Gasteiger partial charge >= 0.3 is 29.0 Å². The molecule has 0 unspecified atom stereocenters. The fourth-order valence-corrected chi connectivity index (χ4v) is 16.9. The minimum Gasteiger partial charge on any atom is -0.418 e. The maximum Gasteiger partial charge on any atom is 0.673 e. The van der Waals surface area contributed by atoms with Gasteiger partial charge in [0.25, 0.3) is 0 Å². The van der Waals surface area contributed by atoms with Crippen LogP contribution in [0, 0.1) is 0 Å². The highest BCUT2D eigenvalue weighted by Crippen LogP contribution is 2.31. The first kappa shape index (κ1) is 138. The maximum absolute atomic E-state index is 9.75. The Labute approximate surface area is 761 Å². The van der Waals surface area contributed by atoms with E-state index >= 15 is 0 Å². The molecule has 0 saturated carbocycles. The van der Waals surface area contributed by atoms with Gasteiger partial charge in [-0.2, -0.15) is 0 Å². The van der Waals surface area contributed by atoms with Gasteiger partial charge in [0.2, 0.25) is 0 Å². The van der Waals surface area contributed by atoms with E-state index in [-0.39, 0.29) is 0 Å². The quantitative estimate of drug-likeness (QED) is 0.0264. The van der Waals surface area contributed by atoms with Gasteiger partial charge in [0.05, 0.1) is 22.2 Å². The Balaban J connectivity index is -0.000000223. The van der Waals surface area contributed by atoms with Crippen LogP contribution in [0.2, 0.25) is 0 Å². The summed E-state index contributed by atoms with van der Waals surface area (Å²) in [6, 6.07) is 0. The van der Waals surface area contributed by atoms with Crippen molar-refractivity contribution in [3.63, 3.8) is 0 Å². The lowest BCUT2D eigenvalue weighted by atomic mass is 9.82. The van der Waals surface area contributed by atoms with Crippen molar-refractivity contribution in [1.82, 2.24) is 0 Å². The smallest absolute Gasteiger partial charge is 0.418 e. The molecule has 0 heterocycles. The normalized spacial score (nSPS) is 12.0. The van der Waals surface area contributed by atoms with Crippen LogP contribution in [0.3, 0.4) is 0 Å². The minimum atomic E-state index is -6.00. The van der Waals surface area contributed by atoms with Crippen molar-refractivity contribution in [2.24, 2.45) is 0 Å². The third-order valence-corrected chi connectivity index (χ3v) is 24.7. The molecule has 0 aromatic carbocycles. The molecule has 760 valence electrons. The number of hydrogen-bond donors (Lipinski definition) is 4. The van der Waals surface area contributed by atoms with Crippen LogP contribution in [-0.2, 0) is 0 Å². The van der Waals surface area contributed by atoms with E-state index in [1.807, 2.05) is 0 Å². The van der Waals surface area contributed by atoms with Crippen LogP contribution in [0.25, 0.3) is 0 Å². The summed E-state index contributed by atoms with van der Waals surface area (Å²) in [5.41, 5.74) is 20.6. The average molecular weight is 1820 g/mol. The summed E-state index contributed by atoms with van der Waals surface area (Å²) < 4.78 is 156. The SMILES string of the molecule is CCCCCCCCC([NH3+])(CCCCCCCC)CCCCCCCC.CCCCCCCCC([NH3+])(CCCCCCCC)CCCCCCCC.CCCCCCCCC([NH3+])(CCCCCCCC)CCCCCCCC.CCCCCCCCC([NH3+])(CCCCCCCC)CCCCCCCC.F[B-](F)(F)F.F[B-](F)(F)F.F[B-](F)(F)F.F[B-](F)(F)F. The molecule has 12 N–H and O–H groups in total. The summed E-state index contributed by atoms with van der Waals surface area (Å²) in [6.45, 7) is 27.7. The van der Waals surface area contributed by atoms with Crippen LogP contribution < -0.4 is 22.9 Å². The van der Waals surface area contributed by atoms with Crippen LogP contribution in [0.5, 0.6) is 0 Å². The van der Waals surface area contributed by atoms with Crippen LogP contribution in [0.1, 0.15) is 622 Å². The summed E-state index contributed by atoms with van der Waals surface area (Å²) in [6.07, 6.45) is 119. The summed E-state index contributed by atoms with van der Waals surface area (Å²) in [5, 5.41) is 0. The molecule has 0 rings (SSSR count). The Hall–Kier alpha value is -1.02. The monoisotopic (exact) mass is 1820 g/mol. The molecule has 0 fully saturated rings. The number of hydrogen-bond acceptors (Lipinski definition) is 0. The van der Waals surface area contributed by atoms with Crippen molar-refractivity contribution in [3.8, 4) is 0 Å². The molecule has 0 saturated heterocycles. The largest absolute Gasteiger partial charge is 0.673 e. The lowest BCUT2D eigenvalue weighted by Gasteiger charge is -2.26. The van der Waals surface area contributed by atoms with Crippen LogP contribution >= 0.6 is 0 Å². The molecule has 24 heteroatoms. The zero-order valence-corrected chi connectivity index (χ0v) is 84.6. The first-order chi connectivity index (χ1) is 58.7. The van der Waals surface area contributed by atoms with Gasteiger partial charge in [-0.25, -0.2) is 0 Å². The lowest BCUT2D eigenvalue weighted by Crippen LogP contribution is -2.72. The van der Waals surface area contributed by atoms with E-state index in [1.54, 1.807) is 0 Å². The molecular formula is C100H216B4F16N4. The summed E-state index contributed by atoms with van der Waals surface area (Å²) >= 11 is 0. The second-order valence-electron chi connectivity index (χ2n) is 38.2. The van der Waals surface area contributed by atoms with Crippen LogP contribution in [0.15, 0.2) is 0 Å². The van der Waals surface area contributed by atoms with E-state index in [4.69, 9.17) is 22.9 Å². The molecule has 4 nitrogen and oxygen atoms in total. The lowest BCUT2D eigenvalue weighted by molar-refractivity contribution is -0.484. The predicted octanol–water partition coefficient (Wildman–Crippen LogP) is 38.1. The van der Waals surface area contributed by atoms with Gasteiger partial charge in [-0.05, 0) is 77.0 Å². The van der Waals surface area contributed by atoms with Gasteiger partial charge < -0.3 is 92.0 Å². The number of quaternary nitrogens is 4. The zero-order chi connectivity index (χ0) is 95.4. The predicted molar refractivity (Wildman–Crippen MR) is 519 cm³/mol. The van der Waals surface area contributed by atoms with Crippen molar-refractivity contribution in [3.05, 3.63) is 0 Å². The van der Waals surface area contributed by atoms with E-state index in [0.717, 1.165) is 0 Å². The molecule has 0 aliphatic heterocycles. The van der Waals surface area contributed by atoms with Gasteiger partial charge in [-0.1, -0.05) is 468 Å². The van der Waals surface area contributed by atoms with Gasteiger partial charge in [0.15, 0.2) is 0 Å². The molecule has 0 aromatic rings. The van der Waals surface area contributed by atoms with Crippen molar-refractivity contribution in [2.45, 2.75) is 645 Å². The molecule has 124 heavy (non-hydrogen) atoms. The number of halogens is 16. The Morgan fingerprint density at radius 1 is 0.113 bits per heavy atom. The van der Waals surface area contributed by atoms with Gasteiger partial charge in [-0.3, -0.25) is 0 Å². The highest BCUT2D eigenvalue weighted by atomic mass is 19.5. The highest BCUT2D eigenvalue weighted by molar-refractivity contribution is 6.51. The summed E-state index contributed by atoms with van der Waals surface area (Å²) in [5.74, 6) is 0. The molecule has 0 aliphatic carbocycles. The van der Waals surface area contributed by atoms with E-state index in [9.17, 15) is 69.1 Å². The van der Waals surface area contributed by atoms with E-state index in [0.29, 0.717) is 22.2 Å². The first-order valence-electron chi connectivity index (χ1n) is 53.6. The van der Waals surface area contributed by atoms with Gasteiger partial charge in [0.1, 0.15) is 0 Å². The molecule has 0 atom stereocenters. The molecule has 0 bridgehead atoms. The zero-order valence-electron chi connectivity index (χ0n) is 84.6. The Morgan fingerprint density at radius 2 is 0.161 bits per heavy atom. The third-order valence-electron chi connectivity index (χ3n) is 24.7. The van der Waals surface area contributed by atoms with Crippen molar-refractivity contribution in [2.75, 3.05) is 0 Å². The summed E-state index contributed by atoms with van der Waals surface area (Å²) in [4.78, 5) is 0. The average Bonchev–Trinajstić information content (AvgIpc) is 0.919. The topological polar surface area (TPSA) is 111 Å². The third kappa shape index (κ3) is 152. The fourth-order valence-electron chi connectivity index (χ4n) is 16.9. The van der Waals surface area contributed by atoms with E-state index in [2.05, 4.69) is 83.1 Å². The van der Waals surface area contributed by atoms with Crippen LogP contribution in [-0.4, -0.2) is 51.2 Å². The van der Waals surface area contributed by atoms with Crippen LogP contribution in [0.4, 0.5) is 69.1 Å². The molecule has 0 amide bonds. The second kappa shape index (κ2) is 104. The highest BCUT2D eigenvalue weighted by Gasteiger charge is 2.32. The molecule has 0 aromatic heterocycles. The molecule has 0 spiro atoms. The number of rotatable bonds is 84. The van der Waals surface area contributed by atoms with E-state index in [1.165, 1.54) is 539 Å². The first-order valence-corrected chi connectivity index (χ1v) is 53.6. The Morgan fingerprint density at radius 3 is 0.218 bits per heavy atom. The fraction of sp³-hybridized carbons (Fsp3) is 1.00. The summed E-state index contributed by atoms with van der Waals surface area (Å²) in [7, 11) is -24.0. The molecular weight excluding hydrogens is 1600 g/mol. The van der Waals surface area contributed by atoms with Gasteiger partial charge in [0, 0.05) is 77.0 Å². The minimum absolute atomic E-state index is 0.389. The maximum atomic E-state index is 9.75. The molecule has 0 aliphatic rings. The van der Waals surface area contributed by atoms with E-state index < -0.39 is 29.0 Å². The van der Waals surface area contributed by atoms with Gasteiger partial charge in [-0.15, -0.1) is 0 Å². The Bertz CT molecular complexity index is 1480. The number of unbranched alkanes of at least 4 members (excludes halogenated alkanes) is 60. The molecule has 0 radical (unpaired) electrons. The standard InChI is InChI=1S/4C25H53N.4BF4/c4*1-4-7-10-13-16-19-22-25(26,23-20-17-14-11-8-5-2)24-21-18-15-12-9-6-3;4*2-1(3,4)5/h4*4-24,26H2,1-3H3;;;;/q;;;;4*-1/p+4. The van der Waals surface area contributed by atoms with Crippen molar-refractivity contribution < 1.29 is 92.0 Å². The Kier molecular flexibility index (Phi) is 116. The second-order valence-corrected chi connectivity index (χ2v) is 38.2.